The molecule has 0 aliphatic rings. The van der Waals surface area contributed by atoms with Crippen LogP contribution in [0.25, 0.3) is 11.3 Å². The molecule has 1 heterocycles. The van der Waals surface area contributed by atoms with Gasteiger partial charge in [-0.25, -0.2) is 4.68 Å². The number of rotatable bonds is 4. The number of aryl methyl sites for hydroxylation is 2. The molecule has 2 aromatic rings. The van der Waals surface area contributed by atoms with Gasteiger partial charge >= 0.3 is 0 Å². The molecule has 0 fully saturated rings. The molecule has 2 N–H and O–H groups in total. The zero-order valence-electron chi connectivity index (χ0n) is 13.2. The third-order valence-corrected chi connectivity index (χ3v) is 4.00. The largest absolute Gasteiger partial charge is 0.383 e. The van der Waals surface area contributed by atoms with Gasteiger partial charge in [0.15, 0.2) is 6.29 Å². The maximum atomic E-state index is 11.5. The zero-order valence-corrected chi connectivity index (χ0v) is 13.2. The summed E-state index contributed by atoms with van der Waals surface area (Å²) in [4.78, 5) is 11.5. The molecule has 1 aromatic heterocycles. The summed E-state index contributed by atoms with van der Waals surface area (Å²) >= 11 is 0. The number of benzene rings is 1. The number of hydrogen-bond acceptors (Lipinski definition) is 4. The second-order valence-electron chi connectivity index (χ2n) is 5.32. The van der Waals surface area contributed by atoms with Crippen LogP contribution in [0, 0.1) is 27.7 Å². The van der Waals surface area contributed by atoms with Crippen molar-refractivity contribution in [2.24, 2.45) is 0 Å². The van der Waals surface area contributed by atoms with E-state index in [1.54, 1.807) is 7.11 Å². The van der Waals surface area contributed by atoms with E-state index in [2.05, 4.69) is 25.0 Å². The molecule has 1 aromatic carbocycles. The van der Waals surface area contributed by atoms with Crippen LogP contribution >= 0.6 is 0 Å². The molecule has 0 saturated heterocycles. The highest BCUT2D eigenvalue weighted by molar-refractivity contribution is 5.93. The van der Waals surface area contributed by atoms with Crippen molar-refractivity contribution in [2.45, 2.75) is 34.4 Å². The van der Waals surface area contributed by atoms with E-state index in [1.807, 2.05) is 13.8 Å². The normalized spacial score (nSPS) is 10.9. The van der Waals surface area contributed by atoms with Crippen LogP contribution < -0.4 is 5.73 Å². The number of nitrogens with two attached hydrogens (primary N) is 1. The van der Waals surface area contributed by atoms with Crippen LogP contribution in [-0.2, 0) is 11.5 Å². The Balaban J connectivity index is 2.79. The van der Waals surface area contributed by atoms with Gasteiger partial charge in [0.1, 0.15) is 18.2 Å². The highest BCUT2D eigenvalue weighted by Gasteiger charge is 2.21. The van der Waals surface area contributed by atoms with Crippen molar-refractivity contribution in [1.82, 2.24) is 9.78 Å². The van der Waals surface area contributed by atoms with Crippen molar-refractivity contribution in [3.8, 4) is 11.3 Å². The first-order valence-electron chi connectivity index (χ1n) is 6.80. The molecule has 0 bridgehead atoms. The number of methoxy groups -OCH3 is 1. The number of anilines is 1. The lowest BCUT2D eigenvalue weighted by molar-refractivity contribution is 0.112. The van der Waals surface area contributed by atoms with Gasteiger partial charge in [-0.2, -0.15) is 5.10 Å². The Hall–Kier alpha value is -2.14. The minimum atomic E-state index is 0.218. The molecule has 5 nitrogen and oxygen atoms in total. The minimum Gasteiger partial charge on any atom is -0.383 e. The topological polar surface area (TPSA) is 70.1 Å². The Morgan fingerprint density at radius 2 is 1.81 bits per heavy atom. The monoisotopic (exact) mass is 287 g/mol. The van der Waals surface area contributed by atoms with E-state index < -0.39 is 0 Å². The summed E-state index contributed by atoms with van der Waals surface area (Å²) in [5, 5.41) is 4.48. The first kappa shape index (κ1) is 15.3. The summed E-state index contributed by atoms with van der Waals surface area (Å²) in [5.74, 6) is 0.333. The number of aldehydes is 1. The number of hydrogen-bond donors (Lipinski definition) is 1. The molecular weight excluding hydrogens is 266 g/mol. The van der Waals surface area contributed by atoms with E-state index in [0.717, 1.165) is 23.0 Å². The molecule has 5 heteroatoms. The summed E-state index contributed by atoms with van der Waals surface area (Å²) in [5.41, 5.74) is 12.6. The first-order valence-corrected chi connectivity index (χ1v) is 6.80. The van der Waals surface area contributed by atoms with Gasteiger partial charge in [-0.1, -0.05) is 6.07 Å². The Bertz CT molecular complexity index is 676. The van der Waals surface area contributed by atoms with Gasteiger partial charge in [0.05, 0.1) is 5.56 Å². The van der Waals surface area contributed by atoms with Gasteiger partial charge in [0.2, 0.25) is 0 Å². The quantitative estimate of drug-likeness (QED) is 0.878. The molecule has 0 saturated carbocycles. The lowest BCUT2D eigenvalue weighted by atomic mass is 9.91. The van der Waals surface area contributed by atoms with Gasteiger partial charge in [-0.3, -0.25) is 4.79 Å². The van der Waals surface area contributed by atoms with Gasteiger partial charge in [-0.15, -0.1) is 0 Å². The maximum Gasteiger partial charge on any atom is 0.156 e. The van der Waals surface area contributed by atoms with E-state index in [9.17, 15) is 4.79 Å². The minimum absolute atomic E-state index is 0.218. The van der Waals surface area contributed by atoms with Crippen molar-refractivity contribution in [1.29, 1.82) is 0 Å². The van der Waals surface area contributed by atoms with Crippen LogP contribution in [0.15, 0.2) is 6.07 Å². The highest BCUT2D eigenvalue weighted by atomic mass is 16.5. The SMILES string of the molecule is COCn1nc(-c2c(C)c(C)cc(C)c2C)c(C=O)c1N. The molecule has 0 atom stereocenters. The molecule has 0 radical (unpaired) electrons. The number of aromatic nitrogens is 2. The average Bonchev–Trinajstić information content (AvgIpc) is 2.74. The van der Waals surface area contributed by atoms with Crippen LogP contribution in [0.2, 0.25) is 0 Å². The van der Waals surface area contributed by atoms with Crippen LogP contribution in [-0.4, -0.2) is 23.2 Å². The fourth-order valence-electron chi connectivity index (χ4n) is 2.58. The molecular formula is C16H21N3O2. The summed E-state index contributed by atoms with van der Waals surface area (Å²) in [6.07, 6.45) is 0.764. The Kier molecular flexibility index (Phi) is 4.14. The van der Waals surface area contributed by atoms with E-state index in [0.29, 0.717) is 17.1 Å². The second-order valence-corrected chi connectivity index (χ2v) is 5.32. The predicted molar refractivity (Wildman–Crippen MR) is 83.4 cm³/mol. The fourth-order valence-corrected chi connectivity index (χ4v) is 2.58. The van der Waals surface area contributed by atoms with Crippen molar-refractivity contribution in [2.75, 3.05) is 12.8 Å². The first-order chi connectivity index (χ1) is 9.92. The van der Waals surface area contributed by atoms with Crippen LogP contribution in [0.3, 0.4) is 0 Å². The summed E-state index contributed by atoms with van der Waals surface area (Å²) in [6.45, 7) is 8.41. The second kappa shape index (κ2) is 5.69. The third-order valence-electron chi connectivity index (χ3n) is 4.00. The number of nitrogen functional groups attached to an aromatic ring is 1. The summed E-state index contributed by atoms with van der Waals surface area (Å²) in [7, 11) is 1.56. The predicted octanol–water partition coefficient (Wildman–Crippen LogP) is 2.78. The standard InChI is InChI=1S/C16H21N3O2/c1-9-6-10(2)12(4)14(11(9)3)15-13(7-20)16(17)19(18-15)8-21-5/h6-7H,8,17H2,1-5H3. The molecule has 0 aliphatic heterocycles. The lowest BCUT2D eigenvalue weighted by Crippen LogP contribution is -2.06. The van der Waals surface area contributed by atoms with Crippen molar-refractivity contribution < 1.29 is 9.53 Å². The fraction of sp³-hybridized carbons (Fsp3) is 0.375. The Labute approximate surface area is 124 Å². The van der Waals surface area contributed by atoms with Crippen LogP contribution in [0.1, 0.15) is 32.6 Å². The van der Waals surface area contributed by atoms with Gasteiger partial charge < -0.3 is 10.5 Å². The molecule has 21 heavy (non-hydrogen) atoms. The van der Waals surface area contributed by atoms with Crippen molar-refractivity contribution in [3.63, 3.8) is 0 Å². The van der Waals surface area contributed by atoms with Crippen molar-refractivity contribution in [3.05, 3.63) is 33.9 Å². The summed E-state index contributed by atoms with van der Waals surface area (Å²) < 4.78 is 6.58. The molecule has 112 valence electrons. The Morgan fingerprint density at radius 3 is 2.29 bits per heavy atom. The zero-order chi connectivity index (χ0) is 15.7. The average molecular weight is 287 g/mol. The lowest BCUT2D eigenvalue weighted by Gasteiger charge is -2.14. The third kappa shape index (κ3) is 2.45. The van der Waals surface area contributed by atoms with Gasteiger partial charge in [0.25, 0.3) is 0 Å². The Morgan fingerprint density at radius 1 is 1.24 bits per heavy atom. The van der Waals surface area contributed by atoms with Crippen molar-refractivity contribution >= 4 is 12.1 Å². The van der Waals surface area contributed by atoms with Gasteiger partial charge in [-0.05, 0) is 49.9 Å². The van der Waals surface area contributed by atoms with E-state index >= 15 is 0 Å². The molecule has 0 aliphatic carbocycles. The van der Waals surface area contributed by atoms with Crippen LogP contribution in [0.5, 0.6) is 0 Å². The highest BCUT2D eigenvalue weighted by Crippen LogP contribution is 2.34. The van der Waals surface area contributed by atoms with E-state index in [1.165, 1.54) is 15.8 Å². The smallest absolute Gasteiger partial charge is 0.156 e. The number of ether oxygens (including phenoxy) is 1. The molecule has 0 amide bonds. The summed E-state index contributed by atoms with van der Waals surface area (Å²) in [6, 6.07) is 2.14. The molecule has 0 spiro atoms. The number of carbonyl (C=O) groups excluding carboxylic acids is 1. The number of nitrogens with zero attached hydrogens (tertiary/aromatic N) is 2. The van der Waals surface area contributed by atoms with Gasteiger partial charge in [0, 0.05) is 12.7 Å². The van der Waals surface area contributed by atoms with Crippen LogP contribution in [0.4, 0.5) is 5.82 Å². The van der Waals surface area contributed by atoms with E-state index in [-0.39, 0.29) is 6.73 Å². The number of carbonyl (C=O) groups is 1. The van der Waals surface area contributed by atoms with E-state index in [4.69, 9.17) is 10.5 Å². The maximum absolute atomic E-state index is 11.5. The molecule has 0 unspecified atom stereocenters. The molecule has 2 rings (SSSR count).